The second kappa shape index (κ2) is 5.53. The topological polar surface area (TPSA) is 66.9 Å². The average Bonchev–Trinajstić information content (AvgIpc) is 2.76. The molecule has 0 bridgehead atoms. The summed E-state index contributed by atoms with van der Waals surface area (Å²) < 4.78 is 4.13. The lowest BCUT2D eigenvalue weighted by atomic mass is 10.2. The number of likely N-dealkylation sites (N-methyl/N-ethyl adjacent to an activating group) is 1. The van der Waals surface area contributed by atoms with E-state index in [0.717, 1.165) is 6.42 Å². The molecule has 1 aliphatic heterocycles. The van der Waals surface area contributed by atoms with Crippen molar-refractivity contribution in [3.05, 3.63) is 0 Å². The summed E-state index contributed by atoms with van der Waals surface area (Å²) in [4.78, 5) is 36.0. The van der Waals surface area contributed by atoms with Gasteiger partial charge in [0.2, 0.25) is 12.3 Å². The third kappa shape index (κ3) is 2.74. The van der Waals surface area contributed by atoms with Crippen LogP contribution in [0, 0.1) is 0 Å². The van der Waals surface area contributed by atoms with Crippen molar-refractivity contribution in [1.82, 2.24) is 9.80 Å². The summed E-state index contributed by atoms with van der Waals surface area (Å²) >= 11 is 0. The lowest BCUT2D eigenvalue weighted by Crippen LogP contribution is -2.45. The van der Waals surface area contributed by atoms with Crippen LogP contribution in [0.25, 0.3) is 0 Å². The molecule has 7 heteroatoms. The summed E-state index contributed by atoms with van der Waals surface area (Å²) in [6.45, 7) is 0.448. The normalized spacial score (nSPS) is 19.3. The highest BCUT2D eigenvalue weighted by atomic mass is 16.5. The van der Waals surface area contributed by atoms with Crippen molar-refractivity contribution in [2.75, 3.05) is 20.1 Å². The van der Waals surface area contributed by atoms with E-state index in [1.54, 1.807) is 0 Å². The van der Waals surface area contributed by atoms with Gasteiger partial charge >= 0.3 is 14.0 Å². The van der Waals surface area contributed by atoms with Crippen LogP contribution in [-0.2, 0) is 19.0 Å². The summed E-state index contributed by atoms with van der Waals surface area (Å²) in [5.41, 5.74) is 0. The first-order chi connectivity index (χ1) is 7.60. The zero-order valence-electron chi connectivity index (χ0n) is 9.09. The van der Waals surface area contributed by atoms with Crippen molar-refractivity contribution in [3.8, 4) is 0 Å². The van der Waals surface area contributed by atoms with Crippen molar-refractivity contribution >= 4 is 26.3 Å². The number of carbonyl (C=O) groups is 3. The van der Waals surface area contributed by atoms with Gasteiger partial charge in [0, 0.05) is 13.6 Å². The predicted octanol–water partition coefficient (Wildman–Crippen LogP) is -1.31. The zero-order chi connectivity index (χ0) is 12.1. The Morgan fingerprint density at radius 2 is 2.31 bits per heavy atom. The minimum atomic E-state index is -0.613. The van der Waals surface area contributed by atoms with E-state index in [4.69, 9.17) is 8.05 Å². The Hall–Kier alpha value is -1.53. The first-order valence-corrected chi connectivity index (χ1v) is 4.95. The second-order valence-corrected chi connectivity index (χ2v) is 3.70. The number of likely N-dealkylation sites (tertiary alicyclic amines) is 1. The largest absolute Gasteiger partial charge is 0.542 e. The van der Waals surface area contributed by atoms with E-state index in [-0.39, 0.29) is 12.5 Å². The van der Waals surface area contributed by atoms with E-state index in [0.29, 0.717) is 19.4 Å². The second-order valence-electron chi connectivity index (χ2n) is 3.70. The molecule has 0 N–H and O–H groups in total. The van der Waals surface area contributed by atoms with E-state index in [2.05, 4.69) is 4.65 Å². The Kier molecular flexibility index (Phi) is 4.33. The first-order valence-electron chi connectivity index (χ1n) is 4.95. The average molecular weight is 224 g/mol. The van der Waals surface area contributed by atoms with E-state index < -0.39 is 12.0 Å². The van der Waals surface area contributed by atoms with Gasteiger partial charge in [-0.3, -0.25) is 14.4 Å². The molecule has 2 radical (unpaired) electrons. The maximum atomic E-state index is 11.7. The summed E-state index contributed by atoms with van der Waals surface area (Å²) in [6, 6.07) is -0.613. The van der Waals surface area contributed by atoms with Crippen molar-refractivity contribution in [3.63, 3.8) is 0 Å². The molecule has 0 aliphatic carbocycles. The molecular weight excluding hydrogens is 211 g/mol. The van der Waals surface area contributed by atoms with Crippen LogP contribution in [0.15, 0.2) is 0 Å². The minimum Gasteiger partial charge on any atom is -0.542 e. The third-order valence-corrected chi connectivity index (χ3v) is 2.53. The lowest BCUT2D eigenvalue weighted by molar-refractivity contribution is -0.146. The van der Waals surface area contributed by atoms with Crippen LogP contribution < -0.4 is 0 Å². The SMILES string of the molecule is [B]OC(=O)C1CCCN1C(=O)CN(C)C=O. The maximum Gasteiger partial charge on any atom is 0.378 e. The summed E-state index contributed by atoms with van der Waals surface area (Å²) in [7, 11) is 6.28. The summed E-state index contributed by atoms with van der Waals surface area (Å²) in [5, 5.41) is 0. The lowest BCUT2D eigenvalue weighted by Gasteiger charge is -2.24. The van der Waals surface area contributed by atoms with Gasteiger partial charge in [0.05, 0.1) is 6.54 Å². The van der Waals surface area contributed by atoms with E-state index in [9.17, 15) is 14.4 Å². The quantitative estimate of drug-likeness (QED) is 0.439. The van der Waals surface area contributed by atoms with Gasteiger partial charge in [-0.25, -0.2) is 0 Å². The fraction of sp³-hybridized carbons (Fsp3) is 0.667. The first kappa shape index (κ1) is 12.5. The van der Waals surface area contributed by atoms with Crippen LogP contribution in [-0.4, -0.2) is 62.3 Å². The highest BCUT2D eigenvalue weighted by molar-refractivity contribution is 6.06. The Morgan fingerprint density at radius 1 is 1.62 bits per heavy atom. The smallest absolute Gasteiger partial charge is 0.378 e. The minimum absolute atomic E-state index is 0.0438. The van der Waals surface area contributed by atoms with Gasteiger partial charge in [-0.2, -0.15) is 0 Å². The Bertz CT molecular complexity index is 297. The maximum absolute atomic E-state index is 11.7. The summed E-state index contributed by atoms with van der Waals surface area (Å²) in [6.07, 6.45) is 1.84. The monoisotopic (exact) mass is 224 g/mol. The predicted molar refractivity (Wildman–Crippen MR) is 55.3 cm³/mol. The Labute approximate surface area is 95.0 Å². The fourth-order valence-corrected chi connectivity index (χ4v) is 1.73. The molecule has 0 aromatic rings. The number of hydrogen-bond donors (Lipinski definition) is 0. The molecule has 2 amide bonds. The third-order valence-electron chi connectivity index (χ3n) is 2.53. The molecule has 16 heavy (non-hydrogen) atoms. The van der Waals surface area contributed by atoms with Gasteiger partial charge in [0.15, 0.2) is 0 Å². The number of amides is 2. The van der Waals surface area contributed by atoms with Gasteiger partial charge in [-0.15, -0.1) is 0 Å². The van der Waals surface area contributed by atoms with Crippen LogP contribution in [0.4, 0.5) is 0 Å². The molecule has 1 atom stereocenters. The van der Waals surface area contributed by atoms with Crippen molar-refractivity contribution in [2.45, 2.75) is 18.9 Å². The fourth-order valence-electron chi connectivity index (χ4n) is 1.73. The van der Waals surface area contributed by atoms with Crippen LogP contribution in [0.2, 0.25) is 0 Å². The number of nitrogens with zero attached hydrogens (tertiary/aromatic N) is 2. The zero-order valence-corrected chi connectivity index (χ0v) is 9.09. The molecule has 6 nitrogen and oxygen atoms in total. The van der Waals surface area contributed by atoms with Crippen LogP contribution in [0.3, 0.4) is 0 Å². The highest BCUT2D eigenvalue weighted by Gasteiger charge is 2.34. The molecular formula is C9H13BN2O4. The van der Waals surface area contributed by atoms with Gasteiger partial charge < -0.3 is 14.5 Å². The number of rotatable bonds is 4. The molecule has 1 aliphatic rings. The Balaban J connectivity index is 2.60. The van der Waals surface area contributed by atoms with Crippen LogP contribution >= 0.6 is 0 Å². The molecule has 1 heterocycles. The molecule has 1 fully saturated rings. The van der Waals surface area contributed by atoms with E-state index >= 15 is 0 Å². The van der Waals surface area contributed by atoms with E-state index in [1.165, 1.54) is 16.8 Å². The van der Waals surface area contributed by atoms with Crippen LogP contribution in [0.1, 0.15) is 12.8 Å². The van der Waals surface area contributed by atoms with Gasteiger partial charge in [0.1, 0.15) is 6.04 Å². The number of hydrogen-bond acceptors (Lipinski definition) is 4. The molecule has 1 rings (SSSR count). The van der Waals surface area contributed by atoms with Gasteiger partial charge in [-0.1, -0.05) is 0 Å². The van der Waals surface area contributed by atoms with Gasteiger partial charge in [-0.05, 0) is 12.8 Å². The molecule has 1 unspecified atom stereocenters. The standard InChI is InChI=1S/C9H13BN2O4/c1-11(6-13)5-8(14)12-4-2-3-7(12)9(15)16-10/h6-7H,2-5H2,1H3. The highest BCUT2D eigenvalue weighted by Crippen LogP contribution is 2.18. The molecule has 86 valence electrons. The molecule has 0 aromatic heterocycles. The molecule has 1 saturated heterocycles. The Morgan fingerprint density at radius 3 is 2.88 bits per heavy atom. The molecule has 0 aromatic carbocycles. The van der Waals surface area contributed by atoms with Gasteiger partial charge in [0.25, 0.3) is 0 Å². The van der Waals surface area contributed by atoms with Crippen molar-refractivity contribution < 1.29 is 19.0 Å². The summed E-state index contributed by atoms with van der Waals surface area (Å²) in [5.74, 6) is -0.887. The van der Waals surface area contributed by atoms with E-state index in [1.807, 2.05) is 0 Å². The van der Waals surface area contributed by atoms with Crippen LogP contribution in [0.5, 0.6) is 0 Å². The molecule has 0 saturated carbocycles. The van der Waals surface area contributed by atoms with Crippen molar-refractivity contribution in [1.29, 1.82) is 0 Å². The molecule has 0 spiro atoms. The number of carbonyl (C=O) groups excluding carboxylic acids is 3. The van der Waals surface area contributed by atoms with Crippen molar-refractivity contribution in [2.24, 2.45) is 0 Å².